The zero-order valence-electron chi connectivity index (χ0n) is 34.5. The Labute approximate surface area is 345 Å². The van der Waals surface area contributed by atoms with Gasteiger partial charge in [-0.15, -0.1) is 0 Å². The molecule has 0 aliphatic rings. The Morgan fingerprint density at radius 1 is 0.339 bits per heavy atom. The highest BCUT2D eigenvalue weighted by Gasteiger charge is 2.30. The number of hydrogen-bond acceptors (Lipinski definition) is 3. The van der Waals surface area contributed by atoms with Gasteiger partial charge in [0.2, 0.25) is 0 Å². The third-order valence-corrected chi connectivity index (χ3v) is 12.3. The summed E-state index contributed by atoms with van der Waals surface area (Å²) < 4.78 is 6.66. The molecule has 0 spiro atoms. The van der Waals surface area contributed by atoms with Crippen LogP contribution in [0.2, 0.25) is 0 Å². The van der Waals surface area contributed by atoms with E-state index in [4.69, 9.17) is 4.42 Å². The Balaban J connectivity index is 1.28. The van der Waals surface area contributed by atoms with Crippen LogP contribution in [-0.2, 0) is 10.8 Å². The maximum atomic E-state index is 6.66. The van der Waals surface area contributed by atoms with E-state index in [0.29, 0.717) is 0 Å². The molecule has 0 amide bonds. The molecule has 286 valence electrons. The van der Waals surface area contributed by atoms with Crippen LogP contribution in [0.5, 0.6) is 0 Å². The lowest BCUT2D eigenvalue weighted by Crippen LogP contribution is -2.17. The van der Waals surface area contributed by atoms with Crippen molar-refractivity contribution in [3.05, 3.63) is 181 Å². The summed E-state index contributed by atoms with van der Waals surface area (Å²) in [7, 11) is 0. The van der Waals surface area contributed by atoms with Crippen LogP contribution < -0.4 is 9.80 Å². The van der Waals surface area contributed by atoms with Crippen molar-refractivity contribution >= 4 is 99.2 Å². The second kappa shape index (κ2) is 12.8. The van der Waals surface area contributed by atoms with Crippen molar-refractivity contribution in [2.24, 2.45) is 0 Å². The summed E-state index contributed by atoms with van der Waals surface area (Å²) in [5, 5.41) is 12.4. The lowest BCUT2D eigenvalue weighted by molar-refractivity contribution is 0.595. The van der Waals surface area contributed by atoms with Crippen molar-refractivity contribution in [3.8, 4) is 0 Å². The molecular weight excluding hydrogens is 717 g/mol. The molecular formula is C56H46N2O. The molecule has 0 bridgehead atoms. The fourth-order valence-corrected chi connectivity index (χ4v) is 9.72. The molecule has 3 nitrogen and oxygen atoms in total. The van der Waals surface area contributed by atoms with Crippen LogP contribution in [0.3, 0.4) is 0 Å². The summed E-state index contributed by atoms with van der Waals surface area (Å²) in [5.41, 5.74) is 11.0. The third-order valence-electron chi connectivity index (χ3n) is 12.3. The maximum Gasteiger partial charge on any atom is 0.138 e. The highest BCUT2D eigenvalue weighted by atomic mass is 16.3. The van der Waals surface area contributed by atoms with Crippen LogP contribution in [0.4, 0.5) is 34.1 Å². The standard InChI is InChI=1S/C56H46N2O/c1-55(2,3)45-33-47(57(37-18-10-7-11-19-37)38-20-12-8-13-21-38)43-29-27-42-46(56(4,5)6)34-48(44-30-28-41(45)53(43)54(42)44)58(39-22-14-9-15-23-39)40-31-36-26-25-35-17-16-24-49-51(35)52(36)50(32-40)59-49/h7-34H,1-6H3. The predicted octanol–water partition coefficient (Wildman–Crippen LogP) is 16.6. The van der Waals surface area contributed by atoms with Crippen molar-refractivity contribution in [1.82, 2.24) is 0 Å². The third kappa shape index (κ3) is 5.48. The van der Waals surface area contributed by atoms with Gasteiger partial charge in [0.25, 0.3) is 0 Å². The van der Waals surface area contributed by atoms with E-state index in [9.17, 15) is 0 Å². The molecule has 10 aromatic carbocycles. The molecule has 0 atom stereocenters. The molecule has 0 N–H and O–H groups in total. The smallest absolute Gasteiger partial charge is 0.138 e. The van der Waals surface area contributed by atoms with Gasteiger partial charge in [0.15, 0.2) is 0 Å². The van der Waals surface area contributed by atoms with Crippen molar-refractivity contribution in [2.75, 3.05) is 9.80 Å². The minimum atomic E-state index is -0.150. The summed E-state index contributed by atoms with van der Waals surface area (Å²) in [4.78, 5) is 4.90. The average molecular weight is 763 g/mol. The van der Waals surface area contributed by atoms with E-state index in [1.165, 1.54) is 70.7 Å². The first-order valence-corrected chi connectivity index (χ1v) is 20.8. The van der Waals surface area contributed by atoms with E-state index in [-0.39, 0.29) is 10.8 Å². The number of anilines is 6. The van der Waals surface area contributed by atoms with E-state index in [1.807, 2.05) is 0 Å². The van der Waals surface area contributed by atoms with Gasteiger partial charge < -0.3 is 14.2 Å². The SMILES string of the molecule is CC(C)(C)c1cc(N(c2ccccc2)c2ccccc2)c2ccc3c(C(C)(C)C)cc(N(c4ccccc4)c4cc5ccc6cccc7oc(c4)c5c67)c4ccc1c2c43. The largest absolute Gasteiger partial charge is 0.456 e. The minimum Gasteiger partial charge on any atom is -0.456 e. The molecule has 0 saturated carbocycles. The second-order valence-electron chi connectivity index (χ2n) is 18.2. The Kier molecular flexibility index (Phi) is 7.68. The molecule has 59 heavy (non-hydrogen) atoms. The number of benzene rings is 10. The summed E-state index contributed by atoms with van der Waals surface area (Å²) in [6, 6.07) is 62.3. The maximum absolute atomic E-state index is 6.66. The molecule has 0 saturated heterocycles. The number of rotatable bonds is 6. The first kappa shape index (κ1) is 35.3. The van der Waals surface area contributed by atoms with Crippen LogP contribution in [0.1, 0.15) is 52.7 Å². The van der Waals surface area contributed by atoms with Crippen molar-refractivity contribution in [1.29, 1.82) is 0 Å². The van der Waals surface area contributed by atoms with Gasteiger partial charge in [-0.3, -0.25) is 0 Å². The summed E-state index contributed by atoms with van der Waals surface area (Å²) >= 11 is 0. The number of hydrogen-bond donors (Lipinski definition) is 0. The predicted molar refractivity (Wildman–Crippen MR) is 253 cm³/mol. The zero-order valence-corrected chi connectivity index (χ0v) is 34.5. The van der Waals surface area contributed by atoms with Crippen molar-refractivity contribution < 1.29 is 4.42 Å². The molecule has 0 radical (unpaired) electrons. The van der Waals surface area contributed by atoms with Gasteiger partial charge in [0.05, 0.1) is 17.1 Å². The van der Waals surface area contributed by atoms with Crippen LogP contribution in [-0.4, -0.2) is 0 Å². The van der Waals surface area contributed by atoms with Crippen molar-refractivity contribution in [3.63, 3.8) is 0 Å². The van der Waals surface area contributed by atoms with Gasteiger partial charge in [-0.2, -0.15) is 0 Å². The Morgan fingerprint density at radius 3 is 1.27 bits per heavy atom. The molecule has 0 aliphatic carbocycles. The van der Waals surface area contributed by atoms with Crippen LogP contribution in [0, 0.1) is 0 Å². The normalized spacial score (nSPS) is 12.6. The number of nitrogens with zero attached hydrogens (tertiary/aromatic N) is 2. The van der Waals surface area contributed by atoms with Gasteiger partial charge in [0.1, 0.15) is 11.2 Å². The first-order valence-electron chi connectivity index (χ1n) is 20.8. The molecule has 3 heteroatoms. The molecule has 0 unspecified atom stereocenters. The van der Waals surface area contributed by atoms with E-state index in [1.54, 1.807) is 0 Å². The van der Waals surface area contributed by atoms with Gasteiger partial charge >= 0.3 is 0 Å². The average Bonchev–Trinajstić information content (AvgIpc) is 3.62. The van der Waals surface area contributed by atoms with Gasteiger partial charge in [-0.1, -0.05) is 145 Å². The Bertz CT molecular complexity index is 3290. The monoisotopic (exact) mass is 762 g/mol. The minimum absolute atomic E-state index is 0.126. The number of furan rings is 1. The molecule has 1 heterocycles. The van der Waals surface area contributed by atoms with E-state index in [2.05, 4.69) is 221 Å². The number of para-hydroxylation sites is 3. The molecule has 1 aromatic heterocycles. The Morgan fingerprint density at radius 2 is 0.780 bits per heavy atom. The molecule has 0 aliphatic heterocycles. The fraction of sp³-hybridized carbons (Fsp3) is 0.143. The van der Waals surface area contributed by atoms with Crippen LogP contribution in [0.15, 0.2) is 174 Å². The van der Waals surface area contributed by atoms with Gasteiger partial charge in [-0.05, 0) is 115 Å². The van der Waals surface area contributed by atoms with E-state index in [0.717, 1.165) is 39.6 Å². The van der Waals surface area contributed by atoms with Crippen LogP contribution >= 0.6 is 0 Å². The topological polar surface area (TPSA) is 19.6 Å². The molecule has 11 rings (SSSR count). The van der Waals surface area contributed by atoms with Crippen LogP contribution in [0.25, 0.3) is 65.0 Å². The fourth-order valence-electron chi connectivity index (χ4n) is 9.72. The summed E-state index contributed by atoms with van der Waals surface area (Å²) in [6.45, 7) is 14.1. The van der Waals surface area contributed by atoms with Gasteiger partial charge in [-0.25, -0.2) is 0 Å². The second-order valence-corrected chi connectivity index (χ2v) is 18.2. The highest BCUT2D eigenvalue weighted by molar-refractivity contribution is 6.30. The van der Waals surface area contributed by atoms with E-state index >= 15 is 0 Å². The lowest BCUT2D eigenvalue weighted by atomic mass is 9.77. The highest BCUT2D eigenvalue weighted by Crippen LogP contribution is 2.52. The van der Waals surface area contributed by atoms with Gasteiger partial charge in [0, 0.05) is 44.7 Å². The molecule has 11 aromatic rings. The lowest BCUT2D eigenvalue weighted by Gasteiger charge is -2.33. The van der Waals surface area contributed by atoms with E-state index < -0.39 is 0 Å². The Hall–Kier alpha value is -6.84. The molecule has 0 fully saturated rings. The zero-order chi connectivity index (χ0) is 40.2. The summed E-state index contributed by atoms with van der Waals surface area (Å²) in [6.07, 6.45) is 0. The first-order chi connectivity index (χ1) is 28.5. The quantitative estimate of drug-likeness (QED) is 0.157. The van der Waals surface area contributed by atoms with Crippen molar-refractivity contribution in [2.45, 2.75) is 52.4 Å². The summed E-state index contributed by atoms with van der Waals surface area (Å²) in [5.74, 6) is 0.